The third-order valence-corrected chi connectivity index (χ3v) is 2.80. The van der Waals surface area contributed by atoms with E-state index in [4.69, 9.17) is 9.47 Å². The largest absolute Gasteiger partial charge is 0.374 e. The summed E-state index contributed by atoms with van der Waals surface area (Å²) in [5, 5.41) is 2.75. The molecule has 1 rings (SSSR count). The highest BCUT2D eigenvalue weighted by atomic mass is 16.5. The maximum absolute atomic E-state index is 11.5. The summed E-state index contributed by atoms with van der Waals surface area (Å²) in [7, 11) is 0. The molecule has 5 heteroatoms. The molecule has 0 saturated carbocycles. The van der Waals surface area contributed by atoms with E-state index in [0.29, 0.717) is 19.8 Å². The van der Waals surface area contributed by atoms with E-state index in [1.165, 1.54) is 12.8 Å². The molecule has 1 atom stereocenters. The van der Waals surface area contributed by atoms with Crippen LogP contribution in [-0.2, 0) is 14.3 Å². The molecule has 0 spiro atoms. The lowest BCUT2D eigenvalue weighted by atomic mass is 10.1. The molecule has 5 nitrogen and oxygen atoms in total. The second-order valence-electron chi connectivity index (χ2n) is 4.54. The first-order valence-electron chi connectivity index (χ1n) is 7.06. The van der Waals surface area contributed by atoms with Crippen molar-refractivity contribution < 1.29 is 20.0 Å². The molecule has 0 bridgehead atoms. The molecule has 0 aromatic rings. The van der Waals surface area contributed by atoms with Gasteiger partial charge in [0.05, 0.1) is 19.8 Å². The monoisotopic (exact) mass is 269 g/mol. The topological polar surface area (TPSA) is 75.2 Å². The smallest absolute Gasteiger partial charge is 0.246 e. The second kappa shape index (κ2) is 10.8. The van der Waals surface area contributed by atoms with Crippen molar-refractivity contribution in [2.45, 2.75) is 38.2 Å². The van der Waals surface area contributed by atoms with Gasteiger partial charge in [0.2, 0.25) is 5.91 Å². The van der Waals surface area contributed by atoms with Crippen LogP contribution < -0.4 is 11.1 Å². The van der Waals surface area contributed by atoms with Crippen LogP contribution in [0.3, 0.4) is 0 Å². The molecule has 0 aromatic heterocycles. The SMILES string of the molecule is [NH3+]CCOCCNC(=O)COC1C#CCCCCC1. The zero-order chi connectivity index (χ0) is 13.8. The maximum Gasteiger partial charge on any atom is 0.246 e. The molecular weight excluding hydrogens is 244 g/mol. The van der Waals surface area contributed by atoms with E-state index < -0.39 is 0 Å². The fourth-order valence-corrected chi connectivity index (χ4v) is 1.80. The average Bonchev–Trinajstić information content (AvgIpc) is 2.37. The first kappa shape index (κ1) is 16.0. The number of quaternary nitrogens is 1. The van der Waals surface area contributed by atoms with Gasteiger partial charge < -0.3 is 20.5 Å². The molecular formula is C14H25N2O3+. The molecule has 4 N–H and O–H groups in total. The maximum atomic E-state index is 11.5. The van der Waals surface area contributed by atoms with E-state index in [0.717, 1.165) is 25.8 Å². The Bertz CT molecular complexity index is 310. The molecule has 19 heavy (non-hydrogen) atoms. The van der Waals surface area contributed by atoms with Crippen LogP contribution in [0.15, 0.2) is 0 Å². The van der Waals surface area contributed by atoms with Gasteiger partial charge in [-0.3, -0.25) is 4.79 Å². The van der Waals surface area contributed by atoms with Gasteiger partial charge >= 0.3 is 0 Å². The van der Waals surface area contributed by atoms with Crippen molar-refractivity contribution in [3.8, 4) is 11.8 Å². The Balaban J connectivity index is 2.08. The van der Waals surface area contributed by atoms with Crippen molar-refractivity contribution in [2.75, 3.05) is 32.9 Å². The van der Waals surface area contributed by atoms with Gasteiger partial charge in [-0.15, -0.1) is 5.92 Å². The Hall–Kier alpha value is -1.09. The van der Waals surface area contributed by atoms with Crippen LogP contribution in [0, 0.1) is 11.8 Å². The Morgan fingerprint density at radius 3 is 3.05 bits per heavy atom. The number of nitrogens with one attached hydrogen (secondary N) is 1. The van der Waals surface area contributed by atoms with Gasteiger partial charge in [0.15, 0.2) is 0 Å². The van der Waals surface area contributed by atoms with Crippen LogP contribution >= 0.6 is 0 Å². The highest BCUT2D eigenvalue weighted by molar-refractivity contribution is 5.77. The molecule has 0 heterocycles. The van der Waals surface area contributed by atoms with Crippen molar-refractivity contribution in [3.63, 3.8) is 0 Å². The van der Waals surface area contributed by atoms with Gasteiger partial charge in [0.1, 0.15) is 12.7 Å². The Morgan fingerprint density at radius 2 is 2.21 bits per heavy atom. The zero-order valence-corrected chi connectivity index (χ0v) is 11.6. The normalized spacial score (nSPS) is 18.9. The second-order valence-corrected chi connectivity index (χ2v) is 4.54. The van der Waals surface area contributed by atoms with Gasteiger partial charge in [-0.2, -0.15) is 0 Å². The zero-order valence-electron chi connectivity index (χ0n) is 11.6. The van der Waals surface area contributed by atoms with Crippen LogP contribution in [0.25, 0.3) is 0 Å². The summed E-state index contributed by atoms with van der Waals surface area (Å²) < 4.78 is 10.7. The number of amides is 1. The van der Waals surface area contributed by atoms with Crippen LogP contribution in [0.5, 0.6) is 0 Å². The molecule has 1 aliphatic rings. The molecule has 0 aromatic carbocycles. The van der Waals surface area contributed by atoms with E-state index in [1.54, 1.807) is 0 Å². The predicted octanol–water partition coefficient (Wildman–Crippen LogP) is -0.286. The minimum atomic E-state index is -0.109. The summed E-state index contributed by atoms with van der Waals surface area (Å²) >= 11 is 0. The summed E-state index contributed by atoms with van der Waals surface area (Å²) in [5.74, 6) is 6.06. The van der Waals surface area contributed by atoms with Crippen molar-refractivity contribution in [1.29, 1.82) is 0 Å². The van der Waals surface area contributed by atoms with Gasteiger partial charge in [-0.25, -0.2) is 0 Å². The van der Waals surface area contributed by atoms with Crippen molar-refractivity contribution in [2.24, 2.45) is 0 Å². The Kier molecular flexibility index (Phi) is 9.07. The summed E-state index contributed by atoms with van der Waals surface area (Å²) in [4.78, 5) is 11.5. The number of hydrogen-bond donors (Lipinski definition) is 2. The van der Waals surface area contributed by atoms with Gasteiger partial charge in [-0.05, 0) is 19.3 Å². The van der Waals surface area contributed by atoms with E-state index in [1.807, 2.05) is 0 Å². The van der Waals surface area contributed by atoms with Crippen molar-refractivity contribution in [1.82, 2.24) is 5.32 Å². The Labute approximate surface area is 115 Å². The third kappa shape index (κ3) is 8.60. The van der Waals surface area contributed by atoms with Crippen LogP contribution in [0.1, 0.15) is 32.1 Å². The van der Waals surface area contributed by atoms with Crippen LogP contribution in [0.4, 0.5) is 0 Å². The number of carbonyl (C=O) groups is 1. The molecule has 108 valence electrons. The van der Waals surface area contributed by atoms with E-state index >= 15 is 0 Å². The molecule has 1 amide bonds. The lowest BCUT2D eigenvalue weighted by molar-refractivity contribution is -0.374. The van der Waals surface area contributed by atoms with E-state index in [-0.39, 0.29) is 18.6 Å². The van der Waals surface area contributed by atoms with Gasteiger partial charge in [0.25, 0.3) is 0 Å². The average molecular weight is 269 g/mol. The quantitative estimate of drug-likeness (QED) is 0.470. The van der Waals surface area contributed by atoms with Gasteiger partial charge in [-0.1, -0.05) is 12.3 Å². The highest BCUT2D eigenvalue weighted by Crippen LogP contribution is 2.10. The number of carbonyl (C=O) groups excluding carboxylic acids is 1. The van der Waals surface area contributed by atoms with Crippen LogP contribution in [0.2, 0.25) is 0 Å². The molecule has 0 saturated heterocycles. The van der Waals surface area contributed by atoms with Crippen molar-refractivity contribution in [3.05, 3.63) is 0 Å². The number of hydrogen-bond acceptors (Lipinski definition) is 3. The summed E-state index contributed by atoms with van der Waals surface area (Å²) in [6.45, 7) is 2.49. The summed E-state index contributed by atoms with van der Waals surface area (Å²) in [5.41, 5.74) is 3.67. The van der Waals surface area contributed by atoms with E-state index in [9.17, 15) is 4.79 Å². The predicted molar refractivity (Wildman–Crippen MR) is 72.2 cm³/mol. The lowest BCUT2D eigenvalue weighted by Crippen LogP contribution is -2.52. The third-order valence-electron chi connectivity index (χ3n) is 2.80. The number of rotatable bonds is 8. The first-order valence-corrected chi connectivity index (χ1v) is 7.06. The Morgan fingerprint density at radius 1 is 1.32 bits per heavy atom. The summed E-state index contributed by atoms with van der Waals surface area (Å²) in [6, 6.07) is 0. The fraction of sp³-hybridized carbons (Fsp3) is 0.786. The molecule has 0 radical (unpaired) electrons. The molecule has 1 unspecified atom stereocenters. The van der Waals surface area contributed by atoms with E-state index in [2.05, 4.69) is 22.9 Å². The van der Waals surface area contributed by atoms with Crippen LogP contribution in [-0.4, -0.2) is 44.9 Å². The molecule has 0 fully saturated rings. The van der Waals surface area contributed by atoms with Crippen molar-refractivity contribution >= 4 is 5.91 Å². The standard InChI is InChI=1S/C14H24N2O3/c15-8-10-18-11-9-16-14(17)12-19-13-6-4-2-1-3-5-7-13/h13H,1-4,6,8-12,15H2,(H,16,17)/p+1. The summed E-state index contributed by atoms with van der Waals surface area (Å²) in [6.07, 6.45) is 5.27. The first-order chi connectivity index (χ1) is 9.33. The fourth-order valence-electron chi connectivity index (χ4n) is 1.80. The highest BCUT2D eigenvalue weighted by Gasteiger charge is 2.09. The van der Waals surface area contributed by atoms with Gasteiger partial charge in [0, 0.05) is 13.0 Å². The number of ether oxygens (including phenoxy) is 2. The minimum absolute atomic E-state index is 0.0781. The lowest BCUT2D eigenvalue weighted by Gasteiger charge is -2.13. The molecule has 1 aliphatic carbocycles. The molecule has 0 aliphatic heterocycles. The minimum Gasteiger partial charge on any atom is -0.374 e.